The molecule has 1 amide bonds. The maximum atomic E-state index is 13.2. The van der Waals surface area contributed by atoms with Gasteiger partial charge in [-0.15, -0.1) is 13.2 Å². The van der Waals surface area contributed by atoms with Crippen LogP contribution in [0.5, 0.6) is 5.75 Å². The van der Waals surface area contributed by atoms with Gasteiger partial charge in [-0.2, -0.15) is 0 Å². The summed E-state index contributed by atoms with van der Waals surface area (Å²) >= 11 is 12.3. The van der Waals surface area contributed by atoms with Gasteiger partial charge in [0.05, 0.1) is 29.5 Å². The number of hydrogen-bond acceptors (Lipinski definition) is 4. The molecule has 0 spiro atoms. The van der Waals surface area contributed by atoms with E-state index < -0.39 is 17.8 Å². The Hall–Kier alpha value is -3.56. The molecule has 0 radical (unpaired) electrons. The second-order valence-electron chi connectivity index (χ2n) is 7.59. The molecule has 35 heavy (non-hydrogen) atoms. The number of ether oxygens (including phenoxy) is 1. The molecule has 0 saturated carbocycles. The third-order valence-corrected chi connectivity index (χ3v) is 5.94. The Balaban J connectivity index is 1.64. The Bertz CT molecular complexity index is 1460. The Morgan fingerprint density at radius 1 is 1.09 bits per heavy atom. The number of rotatable bonds is 5. The van der Waals surface area contributed by atoms with Gasteiger partial charge in [0.1, 0.15) is 5.75 Å². The number of amides is 1. The van der Waals surface area contributed by atoms with Crippen LogP contribution in [0.1, 0.15) is 21.5 Å². The van der Waals surface area contributed by atoms with E-state index in [4.69, 9.17) is 23.2 Å². The summed E-state index contributed by atoms with van der Waals surface area (Å²) in [4.78, 5) is 30.4. The Labute approximate surface area is 206 Å². The van der Waals surface area contributed by atoms with Gasteiger partial charge in [0.2, 0.25) is 0 Å². The zero-order valence-electron chi connectivity index (χ0n) is 18.0. The van der Waals surface area contributed by atoms with Crippen LogP contribution >= 0.6 is 23.2 Å². The largest absolute Gasteiger partial charge is 0.573 e. The van der Waals surface area contributed by atoms with Crippen molar-refractivity contribution in [1.29, 1.82) is 0 Å². The summed E-state index contributed by atoms with van der Waals surface area (Å²) in [5.74, 6) is -0.886. The van der Waals surface area contributed by atoms with Crippen molar-refractivity contribution in [3.63, 3.8) is 0 Å². The maximum Gasteiger partial charge on any atom is 0.573 e. The lowest BCUT2D eigenvalue weighted by molar-refractivity contribution is -0.274. The summed E-state index contributed by atoms with van der Waals surface area (Å²) in [7, 11) is 0. The van der Waals surface area contributed by atoms with Gasteiger partial charge in [0, 0.05) is 15.6 Å². The molecule has 11 heteroatoms. The van der Waals surface area contributed by atoms with E-state index in [9.17, 15) is 22.8 Å². The van der Waals surface area contributed by atoms with Crippen LogP contribution in [0.25, 0.3) is 10.9 Å². The normalized spacial score (nSPS) is 11.5. The van der Waals surface area contributed by atoms with Crippen molar-refractivity contribution >= 4 is 45.7 Å². The lowest BCUT2D eigenvalue weighted by Crippen LogP contribution is -2.23. The smallest absolute Gasteiger partial charge is 0.406 e. The van der Waals surface area contributed by atoms with Crippen molar-refractivity contribution < 1.29 is 22.7 Å². The molecule has 3 aromatic carbocycles. The predicted molar refractivity (Wildman–Crippen MR) is 127 cm³/mol. The fourth-order valence-corrected chi connectivity index (χ4v) is 3.87. The van der Waals surface area contributed by atoms with Crippen molar-refractivity contribution in [2.75, 3.05) is 5.32 Å². The minimum absolute atomic E-state index is 0.0412. The van der Waals surface area contributed by atoms with E-state index in [1.165, 1.54) is 35.2 Å². The average molecular weight is 522 g/mol. The number of hydrogen-bond donors (Lipinski definition) is 1. The van der Waals surface area contributed by atoms with E-state index in [1.54, 1.807) is 25.1 Å². The third-order valence-electron chi connectivity index (χ3n) is 5.15. The SMILES string of the molecule is Cc1c(Cl)cc(C(=O)Nc2cccc3ncn(Cc4ccc(OC(F)(F)F)cc4)c(=O)c23)cc1Cl. The lowest BCUT2D eigenvalue weighted by atomic mass is 10.1. The number of carbonyl (C=O) groups excluding carboxylic acids is 1. The van der Waals surface area contributed by atoms with Crippen molar-refractivity contribution in [1.82, 2.24) is 9.55 Å². The minimum atomic E-state index is -4.79. The van der Waals surface area contributed by atoms with Gasteiger partial charge in [-0.3, -0.25) is 14.2 Å². The first-order chi connectivity index (χ1) is 16.5. The van der Waals surface area contributed by atoms with Crippen LogP contribution in [0.15, 0.2) is 65.7 Å². The van der Waals surface area contributed by atoms with Gasteiger partial charge >= 0.3 is 6.36 Å². The van der Waals surface area contributed by atoms with Crippen LogP contribution in [0.2, 0.25) is 10.0 Å². The fraction of sp³-hybridized carbons (Fsp3) is 0.125. The molecule has 1 N–H and O–H groups in total. The zero-order chi connectivity index (χ0) is 25.3. The van der Waals surface area contributed by atoms with Crippen LogP contribution in [-0.2, 0) is 6.54 Å². The molecule has 180 valence electrons. The van der Waals surface area contributed by atoms with Gasteiger partial charge in [-0.05, 0) is 54.4 Å². The van der Waals surface area contributed by atoms with E-state index in [1.807, 2.05) is 0 Å². The van der Waals surface area contributed by atoms with Crippen molar-refractivity contribution in [2.24, 2.45) is 0 Å². The summed E-state index contributed by atoms with van der Waals surface area (Å²) in [5.41, 5.74) is 1.56. The van der Waals surface area contributed by atoms with E-state index in [0.717, 1.165) is 12.1 Å². The molecule has 0 unspecified atom stereocenters. The van der Waals surface area contributed by atoms with Crippen LogP contribution in [0.3, 0.4) is 0 Å². The number of benzene rings is 3. The topological polar surface area (TPSA) is 73.2 Å². The van der Waals surface area contributed by atoms with Crippen molar-refractivity contribution in [3.05, 3.63) is 98.0 Å². The lowest BCUT2D eigenvalue weighted by Gasteiger charge is -2.12. The summed E-state index contributed by atoms with van der Waals surface area (Å²) < 4.78 is 42.2. The van der Waals surface area contributed by atoms with Gasteiger partial charge in [-0.25, -0.2) is 4.98 Å². The highest BCUT2D eigenvalue weighted by atomic mass is 35.5. The third kappa shape index (κ3) is 5.58. The average Bonchev–Trinajstić information content (AvgIpc) is 2.79. The molecule has 1 aromatic heterocycles. The molecular weight excluding hydrogens is 506 g/mol. The zero-order valence-corrected chi connectivity index (χ0v) is 19.5. The van der Waals surface area contributed by atoms with Crippen LogP contribution in [-0.4, -0.2) is 21.8 Å². The molecule has 0 atom stereocenters. The van der Waals surface area contributed by atoms with Crippen LogP contribution in [0.4, 0.5) is 18.9 Å². The molecule has 0 fully saturated rings. The Kier molecular flexibility index (Phi) is 6.73. The number of carbonyl (C=O) groups is 1. The molecular formula is C24H16Cl2F3N3O3. The minimum Gasteiger partial charge on any atom is -0.406 e. The second kappa shape index (κ2) is 9.59. The highest BCUT2D eigenvalue weighted by Crippen LogP contribution is 2.27. The van der Waals surface area contributed by atoms with Crippen molar-refractivity contribution in [3.8, 4) is 5.75 Å². The number of nitrogens with one attached hydrogen (secondary N) is 1. The fourth-order valence-electron chi connectivity index (χ4n) is 3.38. The van der Waals surface area contributed by atoms with Gasteiger partial charge in [0.15, 0.2) is 0 Å². The predicted octanol–water partition coefficient (Wildman–Crippen LogP) is 6.21. The first kappa shape index (κ1) is 24.6. The number of halogens is 5. The van der Waals surface area contributed by atoms with Crippen LogP contribution in [0, 0.1) is 6.92 Å². The number of anilines is 1. The maximum absolute atomic E-state index is 13.2. The Morgan fingerprint density at radius 3 is 2.37 bits per heavy atom. The molecule has 0 aliphatic heterocycles. The first-order valence-corrected chi connectivity index (χ1v) is 10.9. The van der Waals surface area contributed by atoms with E-state index in [2.05, 4.69) is 15.0 Å². The molecule has 6 nitrogen and oxygen atoms in total. The van der Waals surface area contributed by atoms with Gasteiger partial charge < -0.3 is 10.1 Å². The highest BCUT2D eigenvalue weighted by Gasteiger charge is 2.31. The highest BCUT2D eigenvalue weighted by molar-refractivity contribution is 6.36. The number of nitrogens with zero attached hydrogens (tertiary/aromatic N) is 2. The van der Waals surface area contributed by atoms with E-state index in [0.29, 0.717) is 26.7 Å². The molecule has 0 saturated heterocycles. The monoisotopic (exact) mass is 521 g/mol. The molecule has 4 aromatic rings. The quantitative estimate of drug-likeness (QED) is 0.338. The summed E-state index contributed by atoms with van der Waals surface area (Å²) in [6.45, 7) is 1.77. The van der Waals surface area contributed by atoms with E-state index >= 15 is 0 Å². The van der Waals surface area contributed by atoms with Gasteiger partial charge in [0.25, 0.3) is 11.5 Å². The van der Waals surface area contributed by atoms with Gasteiger partial charge in [-0.1, -0.05) is 41.4 Å². The molecule has 1 heterocycles. The van der Waals surface area contributed by atoms with Crippen LogP contribution < -0.4 is 15.6 Å². The molecule has 0 aliphatic rings. The molecule has 0 bridgehead atoms. The second-order valence-corrected chi connectivity index (χ2v) is 8.40. The van der Waals surface area contributed by atoms with Crippen molar-refractivity contribution in [2.45, 2.75) is 19.8 Å². The molecule has 4 rings (SSSR count). The summed E-state index contributed by atoms with van der Waals surface area (Å²) in [6, 6.07) is 12.9. The first-order valence-electron chi connectivity index (χ1n) is 10.1. The number of alkyl halides is 3. The summed E-state index contributed by atoms with van der Waals surface area (Å²) in [6.07, 6.45) is -3.47. The van der Waals surface area contributed by atoms with E-state index in [-0.39, 0.29) is 28.9 Å². The number of fused-ring (bicyclic) bond motifs is 1. The Morgan fingerprint density at radius 2 is 1.74 bits per heavy atom. The summed E-state index contributed by atoms with van der Waals surface area (Å²) in [5, 5.41) is 3.53. The molecule has 0 aliphatic carbocycles. The standard InChI is InChI=1S/C24H16Cl2F3N3O3/c1-13-17(25)9-15(10-18(13)26)22(33)31-20-4-2-3-19-21(20)23(34)32(12-30-19)11-14-5-7-16(8-6-14)35-24(27,28)29/h2-10,12H,11H2,1H3,(H,31,33). The number of aromatic nitrogens is 2.